The summed E-state index contributed by atoms with van der Waals surface area (Å²) in [5, 5.41) is 8.79. The van der Waals surface area contributed by atoms with Gasteiger partial charge in [0.15, 0.2) is 0 Å². The maximum atomic E-state index is 12.5. The van der Waals surface area contributed by atoms with Crippen molar-refractivity contribution in [3.63, 3.8) is 0 Å². The molecular formula is C14H20N2O3. The molecule has 0 radical (unpaired) electrons. The summed E-state index contributed by atoms with van der Waals surface area (Å²) < 4.78 is 1.81. The van der Waals surface area contributed by atoms with Crippen molar-refractivity contribution in [3.8, 4) is 0 Å². The molecule has 1 fully saturated rings. The molecule has 0 saturated carbocycles. The molecule has 5 nitrogen and oxygen atoms in total. The Labute approximate surface area is 112 Å². The molecule has 0 unspecified atom stereocenters. The predicted octanol–water partition coefficient (Wildman–Crippen LogP) is 1.88. The molecule has 0 aliphatic carbocycles. The first kappa shape index (κ1) is 13.6. The number of aliphatic carboxylic acids is 1. The van der Waals surface area contributed by atoms with E-state index in [1.807, 2.05) is 34.8 Å². The second kappa shape index (κ2) is 5.91. The second-order valence-corrected chi connectivity index (χ2v) is 5.08. The summed E-state index contributed by atoms with van der Waals surface area (Å²) in [6.45, 7) is 0.730. The fourth-order valence-electron chi connectivity index (χ4n) is 2.69. The summed E-state index contributed by atoms with van der Waals surface area (Å²) in [6.07, 6.45) is 5.50. The van der Waals surface area contributed by atoms with Gasteiger partial charge in [-0.3, -0.25) is 9.59 Å². The second-order valence-electron chi connectivity index (χ2n) is 5.08. The monoisotopic (exact) mass is 264 g/mol. The van der Waals surface area contributed by atoms with Gasteiger partial charge in [0.25, 0.3) is 5.91 Å². The van der Waals surface area contributed by atoms with E-state index >= 15 is 0 Å². The molecule has 0 bridgehead atoms. The number of nitrogens with zero attached hydrogens (tertiary/aromatic N) is 2. The van der Waals surface area contributed by atoms with Crippen molar-refractivity contribution in [1.82, 2.24) is 9.47 Å². The molecule has 19 heavy (non-hydrogen) atoms. The third-order valence-electron chi connectivity index (χ3n) is 3.74. The molecule has 1 aromatic heterocycles. The largest absolute Gasteiger partial charge is 0.481 e. The van der Waals surface area contributed by atoms with E-state index in [9.17, 15) is 9.59 Å². The number of likely N-dealkylation sites (tertiary alicyclic amines) is 1. The van der Waals surface area contributed by atoms with E-state index in [1.165, 1.54) is 0 Å². The molecular weight excluding hydrogens is 244 g/mol. The van der Waals surface area contributed by atoms with Crippen molar-refractivity contribution in [3.05, 3.63) is 24.0 Å². The SMILES string of the molecule is Cn1cccc1C(=O)N1CCCC[C@H]1CCC(=O)O. The van der Waals surface area contributed by atoms with Gasteiger partial charge in [0.05, 0.1) is 0 Å². The van der Waals surface area contributed by atoms with Crippen molar-refractivity contribution in [1.29, 1.82) is 0 Å². The number of aryl methyl sites for hydroxylation is 1. The van der Waals surface area contributed by atoms with Crippen LogP contribution in [0.5, 0.6) is 0 Å². The van der Waals surface area contributed by atoms with E-state index in [0.717, 1.165) is 25.8 Å². The highest BCUT2D eigenvalue weighted by Crippen LogP contribution is 2.23. The molecule has 1 aliphatic rings. The highest BCUT2D eigenvalue weighted by Gasteiger charge is 2.28. The van der Waals surface area contributed by atoms with E-state index in [4.69, 9.17) is 5.11 Å². The van der Waals surface area contributed by atoms with Crippen LogP contribution in [0.4, 0.5) is 0 Å². The van der Waals surface area contributed by atoms with Gasteiger partial charge in [-0.15, -0.1) is 0 Å². The summed E-state index contributed by atoms with van der Waals surface area (Å²) in [5.41, 5.74) is 0.669. The lowest BCUT2D eigenvalue weighted by molar-refractivity contribution is -0.137. The zero-order valence-corrected chi connectivity index (χ0v) is 11.2. The summed E-state index contributed by atoms with van der Waals surface area (Å²) in [4.78, 5) is 25.0. The third kappa shape index (κ3) is 3.16. The Morgan fingerprint density at radius 1 is 1.42 bits per heavy atom. The van der Waals surface area contributed by atoms with E-state index in [2.05, 4.69) is 0 Å². The van der Waals surface area contributed by atoms with Crippen molar-refractivity contribution in [2.45, 2.75) is 38.1 Å². The molecule has 1 N–H and O–H groups in total. The van der Waals surface area contributed by atoms with Gasteiger partial charge in [-0.2, -0.15) is 0 Å². The standard InChI is InChI=1S/C14H20N2O3/c1-15-9-4-6-12(15)14(19)16-10-3-2-5-11(16)7-8-13(17)18/h4,6,9,11H,2-3,5,7-8,10H2,1H3,(H,17,18)/t11-/m0/s1. The first-order valence-corrected chi connectivity index (χ1v) is 6.73. The van der Waals surface area contributed by atoms with Crippen LogP contribution in [0.3, 0.4) is 0 Å². The van der Waals surface area contributed by atoms with Crippen molar-refractivity contribution in [2.75, 3.05) is 6.54 Å². The highest BCUT2D eigenvalue weighted by atomic mass is 16.4. The number of piperidine rings is 1. The first-order chi connectivity index (χ1) is 9.09. The Kier molecular flexibility index (Phi) is 4.24. The maximum absolute atomic E-state index is 12.5. The summed E-state index contributed by atoms with van der Waals surface area (Å²) in [7, 11) is 1.85. The van der Waals surface area contributed by atoms with Crippen LogP contribution in [0.15, 0.2) is 18.3 Å². The molecule has 104 valence electrons. The van der Waals surface area contributed by atoms with E-state index in [-0.39, 0.29) is 18.4 Å². The third-order valence-corrected chi connectivity index (χ3v) is 3.74. The molecule has 1 saturated heterocycles. The Balaban J connectivity index is 2.08. The molecule has 1 aromatic rings. The van der Waals surface area contributed by atoms with Gasteiger partial charge in [-0.05, 0) is 37.8 Å². The van der Waals surface area contributed by atoms with Crippen LogP contribution in [-0.2, 0) is 11.8 Å². The van der Waals surface area contributed by atoms with Crippen LogP contribution in [0, 0.1) is 0 Å². The lowest BCUT2D eigenvalue weighted by atomic mass is 9.97. The number of carbonyl (C=O) groups is 2. The predicted molar refractivity (Wildman–Crippen MR) is 71.0 cm³/mol. The minimum atomic E-state index is -0.795. The minimum absolute atomic E-state index is 0.0163. The zero-order chi connectivity index (χ0) is 13.8. The molecule has 1 amide bonds. The van der Waals surface area contributed by atoms with Crippen LogP contribution in [0.25, 0.3) is 0 Å². The zero-order valence-electron chi connectivity index (χ0n) is 11.2. The molecule has 1 atom stereocenters. The number of carbonyl (C=O) groups excluding carboxylic acids is 1. The fraction of sp³-hybridized carbons (Fsp3) is 0.571. The Hall–Kier alpha value is -1.78. The number of carboxylic acid groups (broad SMARTS) is 1. The van der Waals surface area contributed by atoms with E-state index in [0.29, 0.717) is 12.1 Å². The van der Waals surface area contributed by atoms with Crippen LogP contribution in [0.1, 0.15) is 42.6 Å². The fourth-order valence-corrected chi connectivity index (χ4v) is 2.69. The Morgan fingerprint density at radius 2 is 2.21 bits per heavy atom. The van der Waals surface area contributed by atoms with Gasteiger partial charge in [0.2, 0.25) is 0 Å². The molecule has 2 rings (SSSR count). The number of hydrogen-bond acceptors (Lipinski definition) is 2. The Morgan fingerprint density at radius 3 is 2.84 bits per heavy atom. The quantitative estimate of drug-likeness (QED) is 0.903. The summed E-state index contributed by atoms with van der Waals surface area (Å²) in [5.74, 6) is -0.778. The van der Waals surface area contributed by atoms with E-state index < -0.39 is 5.97 Å². The van der Waals surface area contributed by atoms with Gasteiger partial charge in [0.1, 0.15) is 5.69 Å². The average Bonchev–Trinajstić information content (AvgIpc) is 2.82. The first-order valence-electron chi connectivity index (χ1n) is 6.73. The molecule has 5 heteroatoms. The number of carboxylic acids is 1. The lowest BCUT2D eigenvalue weighted by Gasteiger charge is -2.35. The van der Waals surface area contributed by atoms with E-state index in [1.54, 1.807) is 0 Å². The van der Waals surface area contributed by atoms with Crippen LogP contribution >= 0.6 is 0 Å². The number of amides is 1. The van der Waals surface area contributed by atoms with Crippen molar-refractivity contribution < 1.29 is 14.7 Å². The Bertz CT molecular complexity index is 467. The molecule has 0 aromatic carbocycles. The number of hydrogen-bond donors (Lipinski definition) is 1. The summed E-state index contributed by atoms with van der Waals surface area (Å²) in [6, 6.07) is 3.72. The molecule has 2 heterocycles. The number of rotatable bonds is 4. The number of aromatic nitrogens is 1. The average molecular weight is 264 g/mol. The highest BCUT2D eigenvalue weighted by molar-refractivity contribution is 5.93. The summed E-state index contributed by atoms with van der Waals surface area (Å²) >= 11 is 0. The van der Waals surface area contributed by atoms with Crippen molar-refractivity contribution >= 4 is 11.9 Å². The maximum Gasteiger partial charge on any atom is 0.303 e. The van der Waals surface area contributed by atoms with Gasteiger partial charge >= 0.3 is 5.97 Å². The lowest BCUT2D eigenvalue weighted by Crippen LogP contribution is -2.44. The normalized spacial score (nSPS) is 19.4. The topological polar surface area (TPSA) is 62.5 Å². The van der Waals surface area contributed by atoms with Gasteiger partial charge < -0.3 is 14.6 Å². The minimum Gasteiger partial charge on any atom is -0.481 e. The molecule has 1 aliphatic heterocycles. The van der Waals surface area contributed by atoms with Crippen molar-refractivity contribution in [2.24, 2.45) is 7.05 Å². The van der Waals surface area contributed by atoms with Crippen LogP contribution in [-0.4, -0.2) is 39.0 Å². The van der Waals surface area contributed by atoms with Gasteiger partial charge in [-0.25, -0.2) is 0 Å². The molecule has 0 spiro atoms. The van der Waals surface area contributed by atoms with Gasteiger partial charge in [-0.1, -0.05) is 0 Å². The smallest absolute Gasteiger partial charge is 0.303 e. The van der Waals surface area contributed by atoms with Crippen LogP contribution < -0.4 is 0 Å². The van der Waals surface area contributed by atoms with Crippen LogP contribution in [0.2, 0.25) is 0 Å². The van der Waals surface area contributed by atoms with Gasteiger partial charge in [0, 0.05) is 32.3 Å².